The second-order valence-corrected chi connectivity index (χ2v) is 4.16. The topological polar surface area (TPSA) is 60.7 Å². The molecule has 0 radical (unpaired) electrons. The van der Waals surface area contributed by atoms with Crippen LogP contribution in [0.3, 0.4) is 0 Å². The van der Waals surface area contributed by atoms with E-state index in [2.05, 4.69) is 0 Å². The molecule has 2 rings (SSSR count). The van der Waals surface area contributed by atoms with Gasteiger partial charge in [-0.15, -0.1) is 0 Å². The summed E-state index contributed by atoms with van der Waals surface area (Å²) in [5.74, 6) is -0.539. The van der Waals surface area contributed by atoms with E-state index in [1.807, 2.05) is 0 Å². The van der Waals surface area contributed by atoms with E-state index in [9.17, 15) is 15.3 Å². The van der Waals surface area contributed by atoms with Crippen molar-refractivity contribution in [1.82, 2.24) is 0 Å². The first-order valence-electron chi connectivity index (χ1n) is 4.39. The van der Waals surface area contributed by atoms with Crippen molar-refractivity contribution in [3.05, 3.63) is 22.2 Å². The summed E-state index contributed by atoms with van der Waals surface area (Å²) >= 11 is 5.84. The van der Waals surface area contributed by atoms with E-state index in [0.29, 0.717) is 29.0 Å². The van der Waals surface area contributed by atoms with Crippen molar-refractivity contribution in [2.75, 3.05) is 0 Å². The summed E-state index contributed by atoms with van der Waals surface area (Å²) in [5, 5.41) is 29.2. The summed E-state index contributed by atoms with van der Waals surface area (Å²) in [7, 11) is 0. The molecule has 0 unspecified atom stereocenters. The summed E-state index contributed by atoms with van der Waals surface area (Å²) in [5.41, 5.74) is 0.000710. The number of aromatic hydroxyl groups is 2. The summed E-state index contributed by atoms with van der Waals surface area (Å²) in [6, 6.07) is 1.28. The second kappa shape index (κ2) is 2.78. The van der Waals surface area contributed by atoms with Gasteiger partial charge in [0.05, 0.1) is 5.60 Å². The quantitative estimate of drug-likeness (QED) is 0.627. The first-order valence-corrected chi connectivity index (χ1v) is 4.77. The third kappa shape index (κ3) is 1.24. The van der Waals surface area contributed by atoms with Crippen LogP contribution < -0.4 is 0 Å². The summed E-state index contributed by atoms with van der Waals surface area (Å²) in [4.78, 5) is 0. The number of rotatable bonds is 1. The maximum Gasteiger partial charge on any atom is 0.163 e. The number of phenols is 2. The maximum atomic E-state index is 9.88. The van der Waals surface area contributed by atoms with Crippen molar-refractivity contribution in [3.8, 4) is 11.5 Å². The monoisotopic (exact) mass is 214 g/mol. The van der Waals surface area contributed by atoms with E-state index in [0.717, 1.165) is 0 Å². The fourth-order valence-electron chi connectivity index (χ4n) is 1.66. The van der Waals surface area contributed by atoms with Crippen molar-refractivity contribution in [1.29, 1.82) is 0 Å². The molecule has 0 amide bonds. The van der Waals surface area contributed by atoms with E-state index in [-0.39, 0.29) is 11.5 Å². The Morgan fingerprint density at radius 3 is 2.43 bits per heavy atom. The highest BCUT2D eigenvalue weighted by Gasteiger charge is 2.46. The first kappa shape index (κ1) is 9.62. The highest BCUT2D eigenvalue weighted by atomic mass is 35.5. The number of hydrogen-bond donors (Lipinski definition) is 3. The number of phenolic OH excluding ortho intramolecular Hbond substituents is 2. The molecule has 0 bridgehead atoms. The molecule has 3 nitrogen and oxygen atoms in total. The van der Waals surface area contributed by atoms with Crippen molar-refractivity contribution >= 4 is 11.6 Å². The van der Waals surface area contributed by atoms with Crippen molar-refractivity contribution < 1.29 is 15.3 Å². The van der Waals surface area contributed by atoms with Gasteiger partial charge in [-0.3, -0.25) is 0 Å². The molecule has 76 valence electrons. The summed E-state index contributed by atoms with van der Waals surface area (Å²) < 4.78 is 0. The van der Waals surface area contributed by atoms with Gasteiger partial charge in [0.25, 0.3) is 0 Å². The molecule has 1 fully saturated rings. The van der Waals surface area contributed by atoms with E-state index in [1.165, 1.54) is 6.07 Å². The minimum Gasteiger partial charge on any atom is -0.504 e. The number of halogens is 1. The average Bonchev–Trinajstić information content (AvgIpc) is 2.81. The van der Waals surface area contributed by atoms with Crippen LogP contribution in [0.25, 0.3) is 0 Å². The minimum atomic E-state index is -0.990. The Balaban J connectivity index is 2.68. The molecule has 14 heavy (non-hydrogen) atoms. The van der Waals surface area contributed by atoms with Crippen molar-refractivity contribution in [2.45, 2.75) is 25.4 Å². The molecule has 3 N–H and O–H groups in total. The molecule has 0 spiro atoms. The zero-order valence-electron chi connectivity index (χ0n) is 7.71. The van der Waals surface area contributed by atoms with Gasteiger partial charge in [-0.05, 0) is 25.3 Å². The molecule has 1 aromatic carbocycles. The molecule has 1 aromatic rings. The van der Waals surface area contributed by atoms with Gasteiger partial charge in [0.2, 0.25) is 0 Å². The zero-order chi connectivity index (χ0) is 10.5. The van der Waals surface area contributed by atoms with Gasteiger partial charge in [-0.2, -0.15) is 0 Å². The number of aliphatic hydroxyl groups is 1. The lowest BCUT2D eigenvalue weighted by Crippen LogP contribution is -2.07. The lowest BCUT2D eigenvalue weighted by atomic mass is 10.00. The zero-order valence-corrected chi connectivity index (χ0v) is 8.47. The van der Waals surface area contributed by atoms with Gasteiger partial charge in [-0.25, -0.2) is 0 Å². The fraction of sp³-hybridized carbons (Fsp3) is 0.400. The van der Waals surface area contributed by atoms with Crippen LogP contribution >= 0.6 is 11.6 Å². The highest BCUT2D eigenvalue weighted by Crippen LogP contribution is 2.53. The van der Waals surface area contributed by atoms with Crippen LogP contribution in [0.1, 0.15) is 24.0 Å². The van der Waals surface area contributed by atoms with E-state index in [1.54, 1.807) is 6.92 Å². The smallest absolute Gasteiger partial charge is 0.163 e. The summed E-state index contributed by atoms with van der Waals surface area (Å²) in [6.45, 7) is 1.72. The molecule has 0 heterocycles. The molecule has 4 heteroatoms. The van der Waals surface area contributed by atoms with Crippen LogP contribution in [0.5, 0.6) is 11.5 Å². The van der Waals surface area contributed by atoms with Crippen LogP contribution in [0.2, 0.25) is 5.02 Å². The van der Waals surface area contributed by atoms with Crippen LogP contribution in [-0.2, 0) is 5.60 Å². The molecule has 0 aromatic heterocycles. The lowest BCUT2D eigenvalue weighted by Gasteiger charge is -2.15. The molecule has 1 aliphatic carbocycles. The van der Waals surface area contributed by atoms with Gasteiger partial charge < -0.3 is 15.3 Å². The molecule has 0 saturated heterocycles. The Kier molecular flexibility index (Phi) is 1.91. The Morgan fingerprint density at radius 2 is 1.93 bits per heavy atom. The van der Waals surface area contributed by atoms with E-state index < -0.39 is 5.60 Å². The third-order valence-electron chi connectivity index (χ3n) is 2.67. The average molecular weight is 215 g/mol. The Bertz CT molecular complexity index is 371. The van der Waals surface area contributed by atoms with Crippen molar-refractivity contribution in [2.24, 2.45) is 0 Å². The fourth-order valence-corrected chi connectivity index (χ4v) is 1.86. The molecular formula is C10H11ClO3. The minimum absolute atomic E-state index is 0.257. The predicted molar refractivity (Wildman–Crippen MR) is 52.6 cm³/mol. The van der Waals surface area contributed by atoms with Gasteiger partial charge >= 0.3 is 0 Å². The highest BCUT2D eigenvalue weighted by molar-refractivity contribution is 6.31. The summed E-state index contributed by atoms with van der Waals surface area (Å²) in [6.07, 6.45) is 1.20. The van der Waals surface area contributed by atoms with Crippen LogP contribution in [0.4, 0.5) is 0 Å². The van der Waals surface area contributed by atoms with Gasteiger partial charge in [0.15, 0.2) is 11.5 Å². The van der Waals surface area contributed by atoms with E-state index >= 15 is 0 Å². The molecular weight excluding hydrogens is 204 g/mol. The van der Waals surface area contributed by atoms with E-state index in [4.69, 9.17) is 11.6 Å². The predicted octanol–water partition coefficient (Wildman–Crippen LogP) is 2.04. The normalized spacial score (nSPS) is 18.2. The van der Waals surface area contributed by atoms with Gasteiger partial charge in [0, 0.05) is 16.7 Å². The largest absolute Gasteiger partial charge is 0.504 e. The molecule has 1 saturated carbocycles. The SMILES string of the molecule is Cc1c(Cl)cc(O)c(O)c1C1(O)CC1. The van der Waals surface area contributed by atoms with Crippen LogP contribution in [0.15, 0.2) is 6.07 Å². The number of hydrogen-bond acceptors (Lipinski definition) is 3. The maximum absolute atomic E-state index is 9.88. The van der Waals surface area contributed by atoms with Gasteiger partial charge in [0.1, 0.15) is 0 Å². The Labute approximate surface area is 86.6 Å². The third-order valence-corrected chi connectivity index (χ3v) is 3.06. The van der Waals surface area contributed by atoms with Crippen LogP contribution in [0, 0.1) is 6.92 Å². The van der Waals surface area contributed by atoms with Crippen molar-refractivity contribution in [3.63, 3.8) is 0 Å². The van der Waals surface area contributed by atoms with Gasteiger partial charge in [-0.1, -0.05) is 11.6 Å². The Hall–Kier alpha value is -0.930. The first-order chi connectivity index (χ1) is 6.46. The lowest BCUT2D eigenvalue weighted by molar-refractivity contribution is 0.146. The van der Waals surface area contributed by atoms with Crippen LogP contribution in [-0.4, -0.2) is 15.3 Å². The molecule has 0 atom stereocenters. The second-order valence-electron chi connectivity index (χ2n) is 3.76. The standard InChI is InChI=1S/C10H11ClO3/c1-5-6(11)4-7(12)9(13)8(5)10(14)2-3-10/h4,12-14H,2-3H2,1H3. The molecule has 0 aliphatic heterocycles. The molecule has 1 aliphatic rings. The number of benzene rings is 1. The Morgan fingerprint density at radius 1 is 1.36 bits per heavy atom.